The van der Waals surface area contributed by atoms with E-state index in [0.29, 0.717) is 35.5 Å². The average molecular weight is 382 g/mol. The molecule has 2 aromatic carbocycles. The van der Waals surface area contributed by atoms with E-state index in [0.717, 1.165) is 24.0 Å². The van der Waals surface area contributed by atoms with E-state index < -0.39 is 11.9 Å². The molecule has 0 saturated heterocycles. The molecule has 0 radical (unpaired) electrons. The molecule has 28 heavy (non-hydrogen) atoms. The SMILES string of the molecule is Cc1ccccc1C(=O)OOC1=C(OOC(=O)c2ccccc2C)CCCC1. The van der Waals surface area contributed by atoms with Gasteiger partial charge in [0.2, 0.25) is 0 Å². The second-order valence-electron chi connectivity index (χ2n) is 6.59. The van der Waals surface area contributed by atoms with Crippen LogP contribution in [0.4, 0.5) is 0 Å². The average Bonchev–Trinajstić information content (AvgIpc) is 2.71. The van der Waals surface area contributed by atoms with Gasteiger partial charge in [-0.1, -0.05) is 36.4 Å². The highest BCUT2D eigenvalue weighted by Gasteiger charge is 2.22. The van der Waals surface area contributed by atoms with Crippen molar-refractivity contribution in [3.8, 4) is 0 Å². The molecule has 146 valence electrons. The van der Waals surface area contributed by atoms with Crippen molar-refractivity contribution >= 4 is 11.9 Å². The summed E-state index contributed by atoms with van der Waals surface area (Å²) in [6, 6.07) is 14.1. The number of benzene rings is 2. The lowest BCUT2D eigenvalue weighted by Gasteiger charge is -2.18. The molecular weight excluding hydrogens is 360 g/mol. The molecule has 0 N–H and O–H groups in total. The summed E-state index contributed by atoms with van der Waals surface area (Å²) in [6.07, 6.45) is 2.77. The Kier molecular flexibility index (Phi) is 6.32. The monoisotopic (exact) mass is 382 g/mol. The number of carbonyl (C=O) groups excluding carboxylic acids is 2. The molecule has 0 bridgehead atoms. The summed E-state index contributed by atoms with van der Waals surface area (Å²) in [5.74, 6) is -0.476. The van der Waals surface area contributed by atoms with E-state index in [1.807, 2.05) is 38.1 Å². The minimum Gasteiger partial charge on any atom is -0.287 e. The van der Waals surface area contributed by atoms with Gasteiger partial charge in [0.05, 0.1) is 11.1 Å². The first-order valence-electron chi connectivity index (χ1n) is 9.17. The zero-order chi connectivity index (χ0) is 19.9. The van der Waals surface area contributed by atoms with Gasteiger partial charge < -0.3 is 0 Å². The molecule has 0 amide bonds. The minimum atomic E-state index is -0.590. The van der Waals surface area contributed by atoms with Crippen molar-refractivity contribution in [2.75, 3.05) is 0 Å². The number of carbonyl (C=O) groups is 2. The molecule has 6 nitrogen and oxygen atoms in total. The fourth-order valence-corrected chi connectivity index (χ4v) is 2.90. The molecule has 0 unspecified atom stereocenters. The van der Waals surface area contributed by atoms with Crippen molar-refractivity contribution in [3.63, 3.8) is 0 Å². The number of aryl methyl sites for hydroxylation is 2. The topological polar surface area (TPSA) is 71.1 Å². The van der Waals surface area contributed by atoms with E-state index >= 15 is 0 Å². The summed E-state index contributed by atoms with van der Waals surface area (Å²) in [4.78, 5) is 44.8. The van der Waals surface area contributed by atoms with Gasteiger partial charge in [-0.25, -0.2) is 19.4 Å². The molecule has 0 atom stereocenters. The van der Waals surface area contributed by atoms with Crippen LogP contribution in [0.2, 0.25) is 0 Å². The quantitative estimate of drug-likeness (QED) is 0.519. The van der Waals surface area contributed by atoms with E-state index in [4.69, 9.17) is 19.6 Å². The molecule has 3 rings (SSSR count). The highest BCUT2D eigenvalue weighted by molar-refractivity contribution is 5.91. The van der Waals surface area contributed by atoms with E-state index in [-0.39, 0.29) is 0 Å². The second kappa shape index (κ2) is 9.08. The van der Waals surface area contributed by atoms with Gasteiger partial charge in [0.15, 0.2) is 11.5 Å². The van der Waals surface area contributed by atoms with Crippen LogP contribution in [-0.2, 0) is 19.6 Å². The lowest BCUT2D eigenvalue weighted by atomic mass is 10.0. The lowest BCUT2D eigenvalue weighted by Crippen LogP contribution is -2.14. The van der Waals surface area contributed by atoms with Gasteiger partial charge in [-0.05, 0) is 49.9 Å². The predicted octanol–water partition coefficient (Wildman–Crippen LogP) is 4.97. The molecule has 0 saturated carbocycles. The molecular formula is C22H22O6. The Hall–Kier alpha value is -3.28. The van der Waals surface area contributed by atoms with E-state index in [9.17, 15) is 9.59 Å². The van der Waals surface area contributed by atoms with Crippen molar-refractivity contribution in [1.29, 1.82) is 0 Å². The molecule has 0 aliphatic heterocycles. The summed E-state index contributed by atoms with van der Waals surface area (Å²) in [5, 5.41) is 0. The van der Waals surface area contributed by atoms with Gasteiger partial charge in [-0.3, -0.25) is 9.78 Å². The van der Waals surface area contributed by atoms with Crippen molar-refractivity contribution in [3.05, 3.63) is 82.3 Å². The highest BCUT2D eigenvalue weighted by Crippen LogP contribution is 2.27. The fraction of sp³-hybridized carbons (Fsp3) is 0.273. The number of allylic oxidation sites excluding steroid dienone is 2. The first kappa shape index (κ1) is 19.5. The Labute approximate surface area is 163 Å². The molecule has 6 heteroatoms. The summed E-state index contributed by atoms with van der Waals surface area (Å²) in [7, 11) is 0. The molecule has 2 aromatic rings. The summed E-state index contributed by atoms with van der Waals surface area (Å²) in [5.41, 5.74) is 2.43. The zero-order valence-corrected chi connectivity index (χ0v) is 15.9. The Morgan fingerprint density at radius 2 is 1.07 bits per heavy atom. The van der Waals surface area contributed by atoms with Crippen LogP contribution in [0.25, 0.3) is 0 Å². The standard InChI is InChI=1S/C22H22O6/c1-15-9-3-5-11-17(15)21(23)27-25-19-13-7-8-14-20(19)26-28-22(24)18-12-6-4-10-16(18)2/h3-6,9-12H,7-8,13-14H2,1-2H3. The third-order valence-corrected chi connectivity index (χ3v) is 4.53. The maximum Gasteiger partial charge on any atom is 0.386 e. The van der Waals surface area contributed by atoms with Crippen molar-refractivity contribution in [2.45, 2.75) is 39.5 Å². The molecule has 0 spiro atoms. The first-order chi connectivity index (χ1) is 13.6. The highest BCUT2D eigenvalue weighted by atomic mass is 17.2. The van der Waals surface area contributed by atoms with Crippen LogP contribution in [0.5, 0.6) is 0 Å². The van der Waals surface area contributed by atoms with Gasteiger partial charge in [-0.15, -0.1) is 0 Å². The van der Waals surface area contributed by atoms with Gasteiger partial charge in [0, 0.05) is 12.8 Å². The van der Waals surface area contributed by atoms with Crippen molar-refractivity contribution < 1.29 is 29.1 Å². The van der Waals surface area contributed by atoms with Crippen LogP contribution in [0.1, 0.15) is 57.5 Å². The van der Waals surface area contributed by atoms with Crippen molar-refractivity contribution in [1.82, 2.24) is 0 Å². The summed E-state index contributed by atoms with van der Waals surface area (Å²) >= 11 is 0. The Morgan fingerprint density at radius 3 is 1.46 bits per heavy atom. The van der Waals surface area contributed by atoms with Crippen LogP contribution in [0.3, 0.4) is 0 Å². The van der Waals surface area contributed by atoms with Gasteiger partial charge in [0.25, 0.3) is 0 Å². The minimum absolute atomic E-state index is 0.353. The fourth-order valence-electron chi connectivity index (χ4n) is 2.90. The van der Waals surface area contributed by atoms with Crippen LogP contribution >= 0.6 is 0 Å². The molecule has 0 fully saturated rings. The van der Waals surface area contributed by atoms with Crippen LogP contribution in [-0.4, -0.2) is 11.9 Å². The van der Waals surface area contributed by atoms with Gasteiger partial charge in [-0.2, -0.15) is 0 Å². The van der Waals surface area contributed by atoms with Crippen LogP contribution in [0, 0.1) is 13.8 Å². The maximum atomic E-state index is 12.2. The predicted molar refractivity (Wildman–Crippen MR) is 101 cm³/mol. The third kappa shape index (κ3) is 4.71. The molecule has 0 heterocycles. The van der Waals surface area contributed by atoms with Crippen molar-refractivity contribution in [2.24, 2.45) is 0 Å². The zero-order valence-electron chi connectivity index (χ0n) is 15.9. The second-order valence-corrected chi connectivity index (χ2v) is 6.59. The smallest absolute Gasteiger partial charge is 0.287 e. The normalized spacial score (nSPS) is 13.6. The van der Waals surface area contributed by atoms with Crippen LogP contribution < -0.4 is 0 Å². The summed E-state index contributed by atoms with van der Waals surface area (Å²) < 4.78 is 0. The Bertz CT molecular complexity index is 826. The Morgan fingerprint density at radius 1 is 0.679 bits per heavy atom. The van der Waals surface area contributed by atoms with Crippen LogP contribution in [0.15, 0.2) is 60.0 Å². The number of hydrogen-bond acceptors (Lipinski definition) is 6. The maximum absolute atomic E-state index is 12.2. The van der Waals surface area contributed by atoms with E-state index in [2.05, 4.69) is 0 Å². The Balaban J connectivity index is 1.63. The van der Waals surface area contributed by atoms with E-state index in [1.165, 1.54) is 0 Å². The molecule has 1 aliphatic carbocycles. The lowest BCUT2D eigenvalue weighted by molar-refractivity contribution is -0.239. The first-order valence-corrected chi connectivity index (χ1v) is 9.17. The number of hydrogen-bond donors (Lipinski definition) is 0. The van der Waals surface area contributed by atoms with E-state index in [1.54, 1.807) is 24.3 Å². The molecule has 0 aromatic heterocycles. The number of rotatable bonds is 6. The molecule has 1 aliphatic rings. The summed E-state index contributed by atoms with van der Waals surface area (Å²) in [6.45, 7) is 3.63. The largest absolute Gasteiger partial charge is 0.386 e. The van der Waals surface area contributed by atoms with Gasteiger partial charge in [0.1, 0.15) is 0 Å². The van der Waals surface area contributed by atoms with Gasteiger partial charge >= 0.3 is 11.9 Å². The third-order valence-electron chi connectivity index (χ3n) is 4.53.